The Morgan fingerprint density at radius 2 is 2.24 bits per heavy atom. The molecule has 2 fully saturated rings. The zero-order valence-electron chi connectivity index (χ0n) is 10.7. The van der Waals surface area contributed by atoms with Crippen molar-refractivity contribution in [1.82, 2.24) is 4.90 Å². The molecule has 0 spiro atoms. The molecule has 3 atom stereocenters. The second-order valence-corrected chi connectivity index (χ2v) is 5.30. The summed E-state index contributed by atoms with van der Waals surface area (Å²) in [6.45, 7) is 5.31. The molecule has 1 aliphatic carbocycles. The molecule has 1 amide bonds. The van der Waals surface area contributed by atoms with Gasteiger partial charge in [-0.1, -0.05) is 6.42 Å². The van der Waals surface area contributed by atoms with E-state index >= 15 is 0 Å². The fourth-order valence-corrected chi connectivity index (χ4v) is 2.98. The van der Waals surface area contributed by atoms with Gasteiger partial charge in [0.1, 0.15) is 0 Å². The predicted octanol–water partition coefficient (Wildman–Crippen LogP) is 0.999. The van der Waals surface area contributed by atoms with Gasteiger partial charge in [-0.15, -0.1) is 0 Å². The number of ether oxygens (including phenoxy) is 1. The summed E-state index contributed by atoms with van der Waals surface area (Å²) in [5.74, 6) is 0.895. The normalized spacial score (nSPS) is 33.3. The van der Waals surface area contributed by atoms with Crippen molar-refractivity contribution in [3.05, 3.63) is 0 Å². The Labute approximate surface area is 103 Å². The van der Waals surface area contributed by atoms with Gasteiger partial charge in [0.2, 0.25) is 5.91 Å². The molecular weight excluding hydrogens is 216 g/mol. The number of hydrogen-bond acceptors (Lipinski definition) is 3. The van der Waals surface area contributed by atoms with Crippen LogP contribution in [0.2, 0.25) is 0 Å². The number of hydrogen-bond donors (Lipinski definition) is 1. The lowest BCUT2D eigenvalue weighted by Gasteiger charge is -2.23. The number of amides is 1. The van der Waals surface area contributed by atoms with Crippen LogP contribution < -0.4 is 5.73 Å². The van der Waals surface area contributed by atoms with Crippen LogP contribution in [-0.4, -0.2) is 43.2 Å². The van der Waals surface area contributed by atoms with E-state index in [4.69, 9.17) is 10.5 Å². The van der Waals surface area contributed by atoms with Crippen LogP contribution in [0, 0.1) is 11.8 Å². The molecule has 2 N–H and O–H groups in total. The van der Waals surface area contributed by atoms with Gasteiger partial charge in [-0.05, 0) is 26.2 Å². The summed E-state index contributed by atoms with van der Waals surface area (Å²) in [5, 5.41) is 0. The lowest BCUT2D eigenvalue weighted by Crippen LogP contribution is -2.40. The van der Waals surface area contributed by atoms with Crippen LogP contribution in [0.1, 0.15) is 32.6 Å². The van der Waals surface area contributed by atoms with Crippen LogP contribution in [0.15, 0.2) is 0 Å². The maximum atomic E-state index is 12.3. The van der Waals surface area contributed by atoms with Gasteiger partial charge in [-0.2, -0.15) is 0 Å². The molecular formula is C13H24N2O2. The van der Waals surface area contributed by atoms with E-state index in [1.54, 1.807) is 0 Å². The Hall–Kier alpha value is -0.610. The Morgan fingerprint density at radius 3 is 2.88 bits per heavy atom. The van der Waals surface area contributed by atoms with E-state index in [1.165, 1.54) is 0 Å². The van der Waals surface area contributed by atoms with Crippen molar-refractivity contribution in [1.29, 1.82) is 0 Å². The Balaban J connectivity index is 1.81. The van der Waals surface area contributed by atoms with Crippen molar-refractivity contribution in [3.63, 3.8) is 0 Å². The minimum Gasteiger partial charge on any atom is -0.381 e. The molecule has 2 aliphatic rings. The molecule has 0 aromatic carbocycles. The summed E-state index contributed by atoms with van der Waals surface area (Å²) < 4.78 is 5.43. The molecule has 4 heteroatoms. The molecule has 1 saturated heterocycles. The van der Waals surface area contributed by atoms with Crippen molar-refractivity contribution in [3.8, 4) is 0 Å². The first-order valence-electron chi connectivity index (χ1n) is 6.84. The minimum atomic E-state index is 0.0841. The highest BCUT2D eigenvalue weighted by atomic mass is 16.5. The number of rotatable bonds is 4. The first-order chi connectivity index (χ1) is 8.22. The van der Waals surface area contributed by atoms with Crippen molar-refractivity contribution in [2.75, 3.05) is 26.3 Å². The van der Waals surface area contributed by atoms with E-state index in [2.05, 4.69) is 0 Å². The summed E-state index contributed by atoms with van der Waals surface area (Å²) in [6, 6.07) is 0.0911. The molecule has 98 valence electrons. The number of nitrogens with two attached hydrogens (primary N) is 1. The molecule has 0 aromatic heterocycles. The lowest BCUT2D eigenvalue weighted by atomic mass is 10.0. The van der Waals surface area contributed by atoms with Crippen LogP contribution in [0.4, 0.5) is 0 Å². The number of carbonyl (C=O) groups is 1. The standard InChI is InChI=1S/C13H24N2O2/c1-2-17-9-10-6-7-15(8-10)13(16)11-4-3-5-12(11)14/h10-12H,2-9,14H2,1H3/t10-,11+,12-/m1/s1. The third-order valence-corrected chi connectivity index (χ3v) is 4.04. The predicted molar refractivity (Wildman–Crippen MR) is 66.5 cm³/mol. The molecule has 0 bridgehead atoms. The molecule has 1 heterocycles. The lowest BCUT2D eigenvalue weighted by molar-refractivity contribution is -0.134. The third kappa shape index (κ3) is 2.99. The van der Waals surface area contributed by atoms with E-state index in [1.807, 2.05) is 11.8 Å². The molecule has 1 aliphatic heterocycles. The van der Waals surface area contributed by atoms with Gasteiger partial charge in [0, 0.05) is 31.7 Å². The van der Waals surface area contributed by atoms with E-state index < -0.39 is 0 Å². The number of carbonyl (C=O) groups excluding carboxylic acids is 1. The fourth-order valence-electron chi connectivity index (χ4n) is 2.98. The summed E-state index contributed by atoms with van der Waals surface area (Å²) >= 11 is 0. The van der Waals surface area contributed by atoms with E-state index in [9.17, 15) is 4.79 Å². The number of likely N-dealkylation sites (tertiary alicyclic amines) is 1. The molecule has 0 radical (unpaired) electrons. The van der Waals surface area contributed by atoms with Crippen LogP contribution >= 0.6 is 0 Å². The van der Waals surface area contributed by atoms with Crippen LogP contribution in [-0.2, 0) is 9.53 Å². The zero-order valence-corrected chi connectivity index (χ0v) is 10.7. The molecule has 4 nitrogen and oxygen atoms in total. The van der Waals surface area contributed by atoms with Gasteiger partial charge in [-0.25, -0.2) is 0 Å². The average molecular weight is 240 g/mol. The quantitative estimate of drug-likeness (QED) is 0.797. The average Bonchev–Trinajstić information content (AvgIpc) is 2.94. The molecule has 2 rings (SSSR count). The fraction of sp³-hybridized carbons (Fsp3) is 0.923. The van der Waals surface area contributed by atoms with E-state index in [0.29, 0.717) is 5.92 Å². The maximum Gasteiger partial charge on any atom is 0.227 e. The van der Waals surface area contributed by atoms with Crippen LogP contribution in [0.25, 0.3) is 0 Å². The molecule has 1 saturated carbocycles. The van der Waals surface area contributed by atoms with Crippen molar-refractivity contribution in [2.24, 2.45) is 17.6 Å². The maximum absolute atomic E-state index is 12.3. The highest BCUT2D eigenvalue weighted by Gasteiger charge is 2.36. The molecule has 0 aromatic rings. The summed E-state index contributed by atoms with van der Waals surface area (Å²) in [4.78, 5) is 14.3. The van der Waals surface area contributed by atoms with Crippen molar-refractivity contribution in [2.45, 2.75) is 38.6 Å². The van der Waals surface area contributed by atoms with Gasteiger partial charge in [0.05, 0.1) is 12.5 Å². The topological polar surface area (TPSA) is 55.6 Å². The molecule has 17 heavy (non-hydrogen) atoms. The first kappa shape index (κ1) is 12.8. The highest BCUT2D eigenvalue weighted by Crippen LogP contribution is 2.28. The van der Waals surface area contributed by atoms with Gasteiger partial charge in [0.15, 0.2) is 0 Å². The number of nitrogens with zero attached hydrogens (tertiary/aromatic N) is 1. The smallest absolute Gasteiger partial charge is 0.227 e. The highest BCUT2D eigenvalue weighted by molar-refractivity contribution is 5.80. The Kier molecular flexibility index (Phi) is 4.40. The monoisotopic (exact) mass is 240 g/mol. The van der Waals surface area contributed by atoms with Crippen molar-refractivity contribution < 1.29 is 9.53 Å². The minimum absolute atomic E-state index is 0.0841. The zero-order chi connectivity index (χ0) is 12.3. The summed E-state index contributed by atoms with van der Waals surface area (Å²) in [5.41, 5.74) is 5.99. The largest absolute Gasteiger partial charge is 0.381 e. The first-order valence-corrected chi connectivity index (χ1v) is 6.84. The van der Waals surface area contributed by atoms with Gasteiger partial charge >= 0.3 is 0 Å². The Morgan fingerprint density at radius 1 is 1.41 bits per heavy atom. The van der Waals surface area contributed by atoms with Gasteiger partial charge < -0.3 is 15.4 Å². The summed E-state index contributed by atoms with van der Waals surface area (Å²) in [7, 11) is 0. The van der Waals surface area contributed by atoms with Gasteiger partial charge in [-0.3, -0.25) is 4.79 Å². The summed E-state index contributed by atoms with van der Waals surface area (Å²) in [6.07, 6.45) is 4.17. The Bertz CT molecular complexity index is 270. The second kappa shape index (κ2) is 5.83. The van der Waals surface area contributed by atoms with Gasteiger partial charge in [0.25, 0.3) is 0 Å². The van der Waals surface area contributed by atoms with Crippen LogP contribution in [0.3, 0.4) is 0 Å². The van der Waals surface area contributed by atoms with Crippen LogP contribution in [0.5, 0.6) is 0 Å². The van der Waals surface area contributed by atoms with Crippen molar-refractivity contribution >= 4 is 5.91 Å². The molecule has 0 unspecified atom stereocenters. The SMILES string of the molecule is CCOC[C@@H]1CCN(C(=O)[C@H]2CCC[C@H]2N)C1. The second-order valence-electron chi connectivity index (χ2n) is 5.30. The van der Waals surface area contributed by atoms with E-state index in [0.717, 1.165) is 52.0 Å². The third-order valence-electron chi connectivity index (χ3n) is 4.04. The van der Waals surface area contributed by atoms with E-state index in [-0.39, 0.29) is 17.9 Å².